The van der Waals surface area contributed by atoms with E-state index in [-0.39, 0.29) is 18.4 Å². The second-order valence-corrected chi connectivity index (χ2v) is 8.44. The van der Waals surface area contributed by atoms with Crippen LogP contribution in [0.15, 0.2) is 53.6 Å². The van der Waals surface area contributed by atoms with E-state index in [2.05, 4.69) is 37.3 Å². The van der Waals surface area contributed by atoms with Gasteiger partial charge in [-0.2, -0.15) is 10.1 Å². The van der Waals surface area contributed by atoms with Gasteiger partial charge in [-0.3, -0.25) is 14.5 Å². The molecule has 1 amide bonds. The molecule has 0 saturated heterocycles. The van der Waals surface area contributed by atoms with Gasteiger partial charge in [0.05, 0.1) is 35.8 Å². The SMILES string of the molecule is CN(C)C(=O)Cn1cc(-c2nc(C(c3ccc(-c4cnc(N)cn4)cc3)C3CC3)no2)cn1. The molecule has 0 radical (unpaired) electrons. The second-order valence-electron chi connectivity index (χ2n) is 8.44. The van der Waals surface area contributed by atoms with Crippen molar-refractivity contribution in [3.63, 3.8) is 0 Å². The van der Waals surface area contributed by atoms with Crippen molar-refractivity contribution in [1.82, 2.24) is 34.8 Å². The minimum absolute atomic E-state index is 0.0435. The number of nitrogens with zero attached hydrogens (tertiary/aromatic N) is 7. The third kappa shape index (κ3) is 4.45. The smallest absolute Gasteiger partial charge is 0.261 e. The van der Waals surface area contributed by atoms with Gasteiger partial charge in [0.2, 0.25) is 5.91 Å². The molecule has 3 aromatic heterocycles. The molecule has 2 N–H and O–H groups in total. The zero-order chi connectivity index (χ0) is 22.9. The van der Waals surface area contributed by atoms with Crippen molar-refractivity contribution in [2.75, 3.05) is 19.8 Å². The summed E-state index contributed by atoms with van der Waals surface area (Å²) in [6.45, 7) is 0.156. The van der Waals surface area contributed by atoms with Crippen molar-refractivity contribution in [3.8, 4) is 22.7 Å². The molecule has 0 aliphatic heterocycles. The lowest BCUT2D eigenvalue weighted by Gasteiger charge is -2.13. The van der Waals surface area contributed by atoms with Gasteiger partial charge in [0.15, 0.2) is 5.82 Å². The number of nitrogen functional groups attached to an aromatic ring is 1. The van der Waals surface area contributed by atoms with Crippen LogP contribution in [0.5, 0.6) is 0 Å². The Balaban J connectivity index is 1.36. The van der Waals surface area contributed by atoms with Crippen molar-refractivity contribution in [2.24, 2.45) is 5.92 Å². The van der Waals surface area contributed by atoms with E-state index in [0.29, 0.717) is 29.0 Å². The summed E-state index contributed by atoms with van der Waals surface area (Å²) >= 11 is 0. The number of carbonyl (C=O) groups excluding carboxylic acids is 1. The van der Waals surface area contributed by atoms with E-state index in [1.54, 1.807) is 43.6 Å². The molecule has 10 nitrogen and oxygen atoms in total. The first kappa shape index (κ1) is 20.8. The van der Waals surface area contributed by atoms with E-state index in [4.69, 9.17) is 10.3 Å². The number of likely N-dealkylation sites (N-methyl/N-ethyl adjacent to an activating group) is 1. The molecule has 1 atom stereocenters. The molecule has 1 fully saturated rings. The van der Waals surface area contributed by atoms with E-state index in [1.165, 1.54) is 4.90 Å². The molecule has 168 valence electrons. The average molecular weight is 444 g/mol. The lowest BCUT2D eigenvalue weighted by atomic mass is 9.92. The monoisotopic (exact) mass is 444 g/mol. The highest BCUT2D eigenvalue weighted by atomic mass is 16.5. The Labute approximate surface area is 190 Å². The zero-order valence-corrected chi connectivity index (χ0v) is 18.4. The van der Waals surface area contributed by atoms with Crippen molar-refractivity contribution >= 4 is 11.7 Å². The maximum absolute atomic E-state index is 11.9. The van der Waals surface area contributed by atoms with E-state index < -0.39 is 0 Å². The van der Waals surface area contributed by atoms with Crippen molar-refractivity contribution in [3.05, 3.63) is 60.4 Å². The van der Waals surface area contributed by atoms with Gasteiger partial charge in [-0.05, 0) is 24.3 Å². The number of hydrogen-bond donors (Lipinski definition) is 1. The van der Waals surface area contributed by atoms with Crippen LogP contribution in [0.2, 0.25) is 0 Å². The Morgan fingerprint density at radius 2 is 1.94 bits per heavy atom. The number of nitrogens with two attached hydrogens (primary N) is 1. The molecular formula is C23H24N8O2. The van der Waals surface area contributed by atoms with Crippen molar-refractivity contribution < 1.29 is 9.32 Å². The Morgan fingerprint density at radius 3 is 2.61 bits per heavy atom. The summed E-state index contributed by atoms with van der Waals surface area (Å²) < 4.78 is 7.13. The molecule has 1 aromatic carbocycles. The van der Waals surface area contributed by atoms with Crippen LogP contribution in [-0.2, 0) is 11.3 Å². The fourth-order valence-electron chi connectivity index (χ4n) is 3.73. The summed E-state index contributed by atoms with van der Waals surface area (Å²) in [6, 6.07) is 8.21. The summed E-state index contributed by atoms with van der Waals surface area (Å²) in [7, 11) is 3.43. The fraction of sp³-hybridized carbons (Fsp3) is 0.304. The average Bonchev–Trinajstić information content (AvgIpc) is 3.33. The van der Waals surface area contributed by atoms with Gasteiger partial charge in [0.1, 0.15) is 12.4 Å². The highest BCUT2D eigenvalue weighted by Crippen LogP contribution is 2.46. The Morgan fingerprint density at radius 1 is 1.15 bits per heavy atom. The summed E-state index contributed by atoms with van der Waals surface area (Å²) in [5.41, 5.74) is 9.18. The molecule has 4 aromatic rings. The standard InChI is InChI=1S/C23H24N8O2/c1-30(2)20(32)13-31-12-17(9-27-31)23-28-22(29-33-23)21(16-7-8-16)15-5-3-14(4-6-15)18-10-26-19(24)11-25-18/h3-6,9-12,16,21H,7-8,13H2,1-2H3,(H2,24,26). The van der Waals surface area contributed by atoms with Gasteiger partial charge in [0, 0.05) is 25.9 Å². The van der Waals surface area contributed by atoms with Gasteiger partial charge < -0.3 is 15.2 Å². The predicted molar refractivity (Wildman–Crippen MR) is 121 cm³/mol. The summed E-state index contributed by atoms with van der Waals surface area (Å²) in [5.74, 6) is 1.94. The largest absolute Gasteiger partial charge is 0.382 e. The van der Waals surface area contributed by atoms with Crippen LogP contribution >= 0.6 is 0 Å². The van der Waals surface area contributed by atoms with Crippen molar-refractivity contribution in [1.29, 1.82) is 0 Å². The third-order valence-corrected chi connectivity index (χ3v) is 5.73. The summed E-state index contributed by atoms with van der Waals surface area (Å²) in [5, 5.41) is 8.53. The first-order chi connectivity index (χ1) is 16.0. The highest BCUT2D eigenvalue weighted by molar-refractivity contribution is 5.75. The normalized spacial score (nSPS) is 14.2. The van der Waals surface area contributed by atoms with E-state index in [9.17, 15) is 4.79 Å². The molecular weight excluding hydrogens is 420 g/mol. The number of carbonyl (C=O) groups is 1. The number of benzene rings is 1. The molecule has 0 bridgehead atoms. The first-order valence-electron chi connectivity index (χ1n) is 10.7. The maximum atomic E-state index is 11.9. The van der Waals surface area contributed by atoms with Crippen LogP contribution in [0.1, 0.15) is 30.1 Å². The Bertz CT molecular complexity index is 1260. The molecule has 5 rings (SSSR count). The number of anilines is 1. The maximum Gasteiger partial charge on any atom is 0.261 e. The molecule has 1 aliphatic rings. The molecule has 0 spiro atoms. The van der Waals surface area contributed by atoms with Gasteiger partial charge in [0.25, 0.3) is 5.89 Å². The van der Waals surface area contributed by atoms with E-state index in [1.807, 2.05) is 12.1 Å². The fourth-order valence-corrected chi connectivity index (χ4v) is 3.73. The Hall–Kier alpha value is -4.08. The van der Waals surface area contributed by atoms with Gasteiger partial charge in [-0.25, -0.2) is 4.98 Å². The minimum atomic E-state index is -0.0435. The lowest BCUT2D eigenvalue weighted by Crippen LogP contribution is -2.26. The molecule has 10 heteroatoms. The number of aromatic nitrogens is 6. The van der Waals surface area contributed by atoms with Crippen LogP contribution in [0.4, 0.5) is 5.82 Å². The second kappa shape index (κ2) is 8.45. The predicted octanol–water partition coefficient (Wildman–Crippen LogP) is 2.60. The lowest BCUT2D eigenvalue weighted by molar-refractivity contribution is -0.129. The van der Waals surface area contributed by atoms with E-state index in [0.717, 1.165) is 29.7 Å². The Kier molecular flexibility index (Phi) is 5.33. The summed E-state index contributed by atoms with van der Waals surface area (Å²) in [4.78, 5) is 26.6. The number of amides is 1. The van der Waals surface area contributed by atoms with Crippen LogP contribution in [0, 0.1) is 5.92 Å². The van der Waals surface area contributed by atoms with Crippen molar-refractivity contribution in [2.45, 2.75) is 25.3 Å². The summed E-state index contributed by atoms with van der Waals surface area (Å²) in [6.07, 6.45) is 8.85. The number of rotatable bonds is 7. The van der Waals surface area contributed by atoms with Crippen LogP contribution in [-0.4, -0.2) is 54.8 Å². The molecule has 1 unspecified atom stereocenters. The van der Waals surface area contributed by atoms with Crippen LogP contribution in [0.3, 0.4) is 0 Å². The molecule has 1 saturated carbocycles. The molecule has 3 heterocycles. The molecule has 1 aliphatic carbocycles. The van der Waals surface area contributed by atoms with E-state index >= 15 is 0 Å². The molecule has 33 heavy (non-hydrogen) atoms. The minimum Gasteiger partial charge on any atom is -0.382 e. The van der Waals surface area contributed by atoms with Crippen LogP contribution in [0.25, 0.3) is 22.7 Å². The first-order valence-corrected chi connectivity index (χ1v) is 10.7. The topological polar surface area (TPSA) is 129 Å². The quantitative estimate of drug-likeness (QED) is 0.460. The third-order valence-electron chi connectivity index (χ3n) is 5.73. The van der Waals surface area contributed by atoms with Gasteiger partial charge >= 0.3 is 0 Å². The number of hydrogen-bond acceptors (Lipinski definition) is 8. The van der Waals surface area contributed by atoms with Gasteiger partial charge in [-0.1, -0.05) is 29.4 Å². The zero-order valence-electron chi connectivity index (χ0n) is 18.4. The van der Waals surface area contributed by atoms with Gasteiger partial charge in [-0.15, -0.1) is 0 Å². The van der Waals surface area contributed by atoms with Crippen LogP contribution < -0.4 is 5.73 Å². The highest BCUT2D eigenvalue weighted by Gasteiger charge is 2.36.